The van der Waals surface area contributed by atoms with E-state index in [2.05, 4.69) is 184 Å². The molecule has 0 bridgehead atoms. The maximum absolute atomic E-state index is 10.8. The van der Waals surface area contributed by atoms with Crippen molar-refractivity contribution in [3.05, 3.63) is 211 Å². The molecule has 0 saturated heterocycles. The molecule has 0 spiro atoms. The van der Waals surface area contributed by atoms with Gasteiger partial charge in [0.05, 0.1) is 56.4 Å². The first-order chi connectivity index (χ1) is 30.2. The normalized spacial score (nSPS) is 11.6. The van der Waals surface area contributed by atoms with Crippen LogP contribution in [0.15, 0.2) is 200 Å². The Hall–Kier alpha value is -8.64. The van der Waals surface area contributed by atoms with E-state index in [1.54, 1.807) is 0 Å². The van der Waals surface area contributed by atoms with Crippen LogP contribution in [0.5, 0.6) is 0 Å². The molecular formula is C56H33N5. The average molecular weight is 776 g/mol. The first-order valence-electron chi connectivity index (χ1n) is 20.4. The molecule has 0 unspecified atom stereocenters. The van der Waals surface area contributed by atoms with Crippen LogP contribution in [0.4, 0.5) is 0 Å². The molecule has 0 aliphatic rings. The maximum atomic E-state index is 10.8. The molecule has 0 aliphatic carbocycles. The van der Waals surface area contributed by atoms with E-state index in [4.69, 9.17) is 0 Å². The Bertz CT molecular complexity index is 3790. The van der Waals surface area contributed by atoms with Crippen molar-refractivity contribution in [3.63, 3.8) is 0 Å². The number of hydrogen-bond donors (Lipinski definition) is 0. The minimum Gasteiger partial charge on any atom is -0.309 e. The van der Waals surface area contributed by atoms with Crippen LogP contribution in [-0.2, 0) is 0 Å². The van der Waals surface area contributed by atoms with Crippen molar-refractivity contribution in [1.82, 2.24) is 13.7 Å². The number of fused-ring (bicyclic) bond motifs is 10. The number of benzene rings is 9. The monoisotopic (exact) mass is 775 g/mol. The molecule has 0 atom stereocenters. The van der Waals surface area contributed by atoms with Gasteiger partial charge in [-0.2, -0.15) is 10.5 Å². The summed E-state index contributed by atoms with van der Waals surface area (Å²) in [6.45, 7) is 0. The Morgan fingerprint density at radius 3 is 1.48 bits per heavy atom. The molecule has 0 fully saturated rings. The molecular weight excluding hydrogens is 743 g/mol. The van der Waals surface area contributed by atoms with E-state index in [1.165, 1.54) is 32.4 Å². The molecule has 0 N–H and O–H groups in total. The van der Waals surface area contributed by atoms with Gasteiger partial charge in [0.15, 0.2) is 0 Å². The van der Waals surface area contributed by atoms with E-state index in [9.17, 15) is 10.5 Å². The number of rotatable bonds is 5. The second-order valence-corrected chi connectivity index (χ2v) is 15.5. The summed E-state index contributed by atoms with van der Waals surface area (Å²) in [6, 6.07) is 74.8. The van der Waals surface area contributed by atoms with Gasteiger partial charge in [0.2, 0.25) is 0 Å². The van der Waals surface area contributed by atoms with Crippen molar-refractivity contribution in [3.8, 4) is 51.5 Å². The standard InChI is InChI=1S/C56H33N5/c57-34-37-14-4-5-17-43(37)36-26-27-44(39(30-36)35-58)38-31-41(59-50-22-10-6-18-45(50)46-19-7-11-23-51(46)59)33-42(32-38)60-53-25-13-9-21-49(53)55-54(60)29-28-48-47-20-8-12-24-52(47)61(56(48)55)40-15-2-1-3-16-40/h1-33H. The summed E-state index contributed by atoms with van der Waals surface area (Å²) in [4.78, 5) is 0. The topological polar surface area (TPSA) is 62.4 Å². The second kappa shape index (κ2) is 13.5. The summed E-state index contributed by atoms with van der Waals surface area (Å²) in [7, 11) is 0. The van der Waals surface area contributed by atoms with Crippen molar-refractivity contribution in [2.75, 3.05) is 0 Å². The quantitative estimate of drug-likeness (QED) is 0.175. The SMILES string of the molecule is N#Cc1ccccc1-c1ccc(-c2cc(-n3c4ccccc4c4ccccc43)cc(-n3c4ccccc4c4c3ccc3c5ccccc5n(-c5ccccc5)c34)c2)c(C#N)c1. The molecule has 0 aliphatic heterocycles. The minimum absolute atomic E-state index is 0.534. The van der Waals surface area contributed by atoms with Crippen molar-refractivity contribution in [1.29, 1.82) is 10.5 Å². The maximum Gasteiger partial charge on any atom is 0.0998 e. The van der Waals surface area contributed by atoms with Crippen LogP contribution in [0.1, 0.15) is 11.1 Å². The van der Waals surface area contributed by atoms with Crippen LogP contribution in [0, 0.1) is 22.7 Å². The fraction of sp³-hybridized carbons (Fsp3) is 0. The minimum atomic E-state index is 0.534. The Kier molecular flexibility index (Phi) is 7.59. The van der Waals surface area contributed by atoms with Crippen LogP contribution in [0.25, 0.3) is 105 Å². The first-order valence-corrected chi connectivity index (χ1v) is 20.4. The summed E-state index contributed by atoms with van der Waals surface area (Å²) >= 11 is 0. The fourth-order valence-corrected chi connectivity index (χ4v) is 9.73. The van der Waals surface area contributed by atoms with Crippen molar-refractivity contribution in [2.24, 2.45) is 0 Å². The Morgan fingerprint density at radius 2 is 0.820 bits per heavy atom. The largest absolute Gasteiger partial charge is 0.309 e. The predicted molar refractivity (Wildman–Crippen MR) is 250 cm³/mol. The Balaban J connectivity index is 1.19. The third kappa shape index (κ3) is 5.12. The molecule has 5 heteroatoms. The zero-order chi connectivity index (χ0) is 40.6. The average Bonchev–Trinajstić information content (AvgIpc) is 3.97. The third-order valence-electron chi connectivity index (χ3n) is 12.3. The third-order valence-corrected chi connectivity index (χ3v) is 12.3. The lowest BCUT2D eigenvalue weighted by atomic mass is 9.93. The zero-order valence-corrected chi connectivity index (χ0v) is 32.8. The highest BCUT2D eigenvalue weighted by Crippen LogP contribution is 2.43. The van der Waals surface area contributed by atoms with Gasteiger partial charge in [0.1, 0.15) is 0 Å². The smallest absolute Gasteiger partial charge is 0.0998 e. The highest BCUT2D eigenvalue weighted by molar-refractivity contribution is 6.26. The molecule has 12 rings (SSSR count). The van der Waals surface area contributed by atoms with E-state index in [1.807, 2.05) is 42.5 Å². The van der Waals surface area contributed by atoms with Gasteiger partial charge < -0.3 is 13.7 Å². The van der Waals surface area contributed by atoms with Crippen LogP contribution in [-0.4, -0.2) is 13.7 Å². The number of para-hydroxylation sites is 5. The van der Waals surface area contributed by atoms with Crippen LogP contribution in [0.3, 0.4) is 0 Å². The van der Waals surface area contributed by atoms with Crippen molar-refractivity contribution >= 4 is 65.4 Å². The molecule has 5 nitrogen and oxygen atoms in total. The van der Waals surface area contributed by atoms with Gasteiger partial charge in [0.25, 0.3) is 0 Å². The summed E-state index contributed by atoms with van der Waals surface area (Å²) in [5.74, 6) is 0. The van der Waals surface area contributed by atoms with Gasteiger partial charge in [-0.1, -0.05) is 127 Å². The summed E-state index contributed by atoms with van der Waals surface area (Å²) in [5, 5.41) is 27.8. The van der Waals surface area contributed by atoms with E-state index in [0.717, 1.165) is 72.3 Å². The fourth-order valence-electron chi connectivity index (χ4n) is 9.73. The molecule has 3 heterocycles. The van der Waals surface area contributed by atoms with Gasteiger partial charge in [-0.15, -0.1) is 0 Å². The zero-order valence-electron chi connectivity index (χ0n) is 32.8. The summed E-state index contributed by atoms with van der Waals surface area (Å²) in [5.41, 5.74) is 14.2. The number of aromatic nitrogens is 3. The van der Waals surface area contributed by atoms with E-state index < -0.39 is 0 Å². The van der Waals surface area contributed by atoms with Gasteiger partial charge in [-0.3, -0.25) is 0 Å². The highest BCUT2D eigenvalue weighted by atomic mass is 15.0. The number of nitrogens with zero attached hydrogens (tertiary/aromatic N) is 5. The molecule has 282 valence electrons. The molecule has 0 radical (unpaired) electrons. The van der Waals surface area contributed by atoms with Crippen LogP contribution >= 0.6 is 0 Å². The highest BCUT2D eigenvalue weighted by Gasteiger charge is 2.23. The first kappa shape index (κ1) is 34.4. The van der Waals surface area contributed by atoms with Gasteiger partial charge >= 0.3 is 0 Å². The summed E-state index contributed by atoms with van der Waals surface area (Å²) in [6.07, 6.45) is 0. The molecule has 0 saturated carbocycles. The van der Waals surface area contributed by atoms with Crippen molar-refractivity contribution in [2.45, 2.75) is 0 Å². The van der Waals surface area contributed by atoms with Gasteiger partial charge in [-0.05, 0) is 95.1 Å². The molecule has 9 aromatic carbocycles. The van der Waals surface area contributed by atoms with Crippen LogP contribution in [0.2, 0.25) is 0 Å². The lowest BCUT2D eigenvalue weighted by Crippen LogP contribution is -2.01. The molecule has 3 aromatic heterocycles. The van der Waals surface area contributed by atoms with Gasteiger partial charge in [-0.25, -0.2) is 0 Å². The molecule has 61 heavy (non-hydrogen) atoms. The van der Waals surface area contributed by atoms with E-state index >= 15 is 0 Å². The Labute approximate surface area is 351 Å². The summed E-state index contributed by atoms with van der Waals surface area (Å²) < 4.78 is 7.15. The van der Waals surface area contributed by atoms with Gasteiger partial charge in [0, 0.05) is 49.4 Å². The predicted octanol–water partition coefficient (Wildman–Crippen LogP) is 14.1. The van der Waals surface area contributed by atoms with Crippen molar-refractivity contribution < 1.29 is 0 Å². The lowest BCUT2D eigenvalue weighted by molar-refractivity contribution is 1.13. The van der Waals surface area contributed by atoms with E-state index in [-0.39, 0.29) is 0 Å². The number of hydrogen-bond acceptors (Lipinski definition) is 2. The van der Waals surface area contributed by atoms with Crippen LogP contribution < -0.4 is 0 Å². The molecule has 12 aromatic rings. The molecule has 0 amide bonds. The second-order valence-electron chi connectivity index (χ2n) is 15.5. The Morgan fingerprint density at radius 1 is 0.311 bits per heavy atom. The number of nitriles is 2. The lowest BCUT2D eigenvalue weighted by Gasteiger charge is -2.17. The van der Waals surface area contributed by atoms with E-state index in [0.29, 0.717) is 11.1 Å².